The minimum absolute atomic E-state index is 0.270. The molecule has 28 heavy (non-hydrogen) atoms. The molecule has 1 unspecified atom stereocenters. The second-order valence-electron chi connectivity index (χ2n) is 6.52. The van der Waals surface area contributed by atoms with Crippen molar-refractivity contribution in [2.75, 3.05) is 30.7 Å². The third kappa shape index (κ3) is 7.92. The molecule has 0 aliphatic rings. The van der Waals surface area contributed by atoms with Gasteiger partial charge in [-0.1, -0.05) is 24.3 Å². The van der Waals surface area contributed by atoms with Crippen molar-refractivity contribution in [3.05, 3.63) is 65.2 Å². The van der Waals surface area contributed by atoms with Gasteiger partial charge in [0.25, 0.3) is 0 Å². The highest BCUT2D eigenvalue weighted by Crippen LogP contribution is 2.22. The van der Waals surface area contributed by atoms with Crippen molar-refractivity contribution in [3.8, 4) is 0 Å². The molecule has 8 heteroatoms. The first-order valence-corrected chi connectivity index (χ1v) is 10.7. The molecule has 0 aromatic heterocycles. The van der Waals surface area contributed by atoms with Crippen molar-refractivity contribution < 1.29 is 22.3 Å². The molecule has 2 rings (SSSR count). The number of rotatable bonds is 7. The summed E-state index contributed by atoms with van der Waals surface area (Å²) < 4.78 is 49.6. The predicted octanol–water partition coefficient (Wildman–Crippen LogP) is 3.00. The fourth-order valence-corrected chi connectivity index (χ4v) is 3.48. The SMILES string of the molecule is CNCC(O)CCN(c1ccccc1C)S(C)(=O)=O.Cc1ccc(F)cc1F. The molecule has 1 atom stereocenters. The van der Waals surface area contributed by atoms with Gasteiger partial charge in [0.1, 0.15) is 11.6 Å². The standard InChI is InChI=1S/C13H22N2O3S.C7H6F2/c1-11-6-4-5-7-13(11)15(19(3,17)18)9-8-12(16)10-14-2;1-5-2-3-6(8)4-7(5)9/h4-7,12,14,16H,8-10H2,1-3H3;2-4H,1H3. The van der Waals surface area contributed by atoms with Gasteiger partial charge in [0, 0.05) is 19.2 Å². The number of likely N-dealkylation sites (N-methyl/N-ethyl adjacent to an activating group) is 1. The number of anilines is 1. The van der Waals surface area contributed by atoms with Crippen LogP contribution in [0, 0.1) is 25.5 Å². The monoisotopic (exact) mass is 414 g/mol. The molecule has 0 aliphatic heterocycles. The summed E-state index contributed by atoms with van der Waals surface area (Å²) in [4.78, 5) is 0. The van der Waals surface area contributed by atoms with Gasteiger partial charge in [-0.15, -0.1) is 0 Å². The first-order chi connectivity index (χ1) is 13.1. The largest absolute Gasteiger partial charge is 0.392 e. The number of halogens is 2. The summed E-state index contributed by atoms with van der Waals surface area (Å²) in [6, 6.07) is 10.8. The Morgan fingerprint density at radius 2 is 1.75 bits per heavy atom. The van der Waals surface area contributed by atoms with Gasteiger partial charge in [-0.2, -0.15) is 0 Å². The number of hydrogen-bond donors (Lipinski definition) is 2. The topological polar surface area (TPSA) is 69.6 Å². The lowest BCUT2D eigenvalue weighted by atomic mass is 10.2. The lowest BCUT2D eigenvalue weighted by Crippen LogP contribution is -2.35. The number of nitrogens with one attached hydrogen (secondary N) is 1. The van der Waals surface area contributed by atoms with Crippen LogP contribution in [-0.2, 0) is 10.0 Å². The third-order valence-electron chi connectivity index (χ3n) is 4.02. The van der Waals surface area contributed by atoms with E-state index in [0.717, 1.165) is 11.6 Å². The molecule has 156 valence electrons. The van der Waals surface area contributed by atoms with E-state index in [0.29, 0.717) is 24.2 Å². The number of para-hydroxylation sites is 1. The highest BCUT2D eigenvalue weighted by atomic mass is 32.2. The average molecular weight is 415 g/mol. The van der Waals surface area contributed by atoms with Gasteiger partial charge in [0.15, 0.2) is 0 Å². The van der Waals surface area contributed by atoms with Gasteiger partial charge in [-0.3, -0.25) is 4.31 Å². The maximum atomic E-state index is 12.3. The van der Waals surface area contributed by atoms with Crippen LogP contribution >= 0.6 is 0 Å². The summed E-state index contributed by atoms with van der Waals surface area (Å²) in [5.74, 6) is -1.02. The number of aliphatic hydroxyl groups excluding tert-OH is 1. The van der Waals surface area contributed by atoms with E-state index in [9.17, 15) is 22.3 Å². The van der Waals surface area contributed by atoms with Gasteiger partial charge in [-0.05, 0) is 50.6 Å². The predicted molar refractivity (Wildman–Crippen MR) is 109 cm³/mol. The molecule has 2 N–H and O–H groups in total. The van der Waals surface area contributed by atoms with E-state index in [4.69, 9.17) is 0 Å². The van der Waals surface area contributed by atoms with Crippen molar-refractivity contribution in [1.82, 2.24) is 5.32 Å². The van der Waals surface area contributed by atoms with Crippen LogP contribution in [0.4, 0.5) is 14.5 Å². The quantitative estimate of drug-likeness (QED) is 0.731. The molecule has 0 fully saturated rings. The summed E-state index contributed by atoms with van der Waals surface area (Å²) in [5, 5.41) is 12.6. The lowest BCUT2D eigenvalue weighted by Gasteiger charge is -2.25. The molecular weight excluding hydrogens is 386 g/mol. The number of benzene rings is 2. The highest BCUT2D eigenvalue weighted by Gasteiger charge is 2.19. The highest BCUT2D eigenvalue weighted by molar-refractivity contribution is 7.92. The van der Waals surface area contributed by atoms with E-state index in [1.165, 1.54) is 22.7 Å². The zero-order valence-electron chi connectivity index (χ0n) is 16.6. The van der Waals surface area contributed by atoms with E-state index in [1.54, 1.807) is 20.0 Å². The number of hydrogen-bond acceptors (Lipinski definition) is 4. The summed E-state index contributed by atoms with van der Waals surface area (Å²) in [5.41, 5.74) is 2.04. The molecular formula is C20H28F2N2O3S. The van der Waals surface area contributed by atoms with Crippen LogP contribution in [0.3, 0.4) is 0 Å². The normalized spacial score (nSPS) is 12.1. The first-order valence-electron chi connectivity index (χ1n) is 8.84. The van der Waals surface area contributed by atoms with Crippen LogP contribution in [0.2, 0.25) is 0 Å². The molecule has 2 aromatic rings. The Balaban J connectivity index is 0.000000362. The van der Waals surface area contributed by atoms with Crippen LogP contribution in [0.25, 0.3) is 0 Å². The van der Waals surface area contributed by atoms with Crippen molar-refractivity contribution in [2.45, 2.75) is 26.4 Å². The van der Waals surface area contributed by atoms with Gasteiger partial charge < -0.3 is 10.4 Å². The number of nitrogens with zero attached hydrogens (tertiary/aromatic N) is 1. The fraction of sp³-hybridized carbons (Fsp3) is 0.400. The van der Waals surface area contributed by atoms with Gasteiger partial charge in [0.2, 0.25) is 10.0 Å². The molecule has 0 spiro atoms. The fourth-order valence-electron chi connectivity index (χ4n) is 2.48. The van der Waals surface area contributed by atoms with E-state index < -0.39 is 27.8 Å². The second kappa shape index (κ2) is 11.1. The van der Waals surface area contributed by atoms with Crippen LogP contribution in [0.5, 0.6) is 0 Å². The molecule has 0 radical (unpaired) electrons. The van der Waals surface area contributed by atoms with E-state index in [-0.39, 0.29) is 6.54 Å². The van der Waals surface area contributed by atoms with Crippen molar-refractivity contribution in [2.24, 2.45) is 0 Å². The van der Waals surface area contributed by atoms with Gasteiger partial charge in [0.05, 0.1) is 18.0 Å². The summed E-state index contributed by atoms with van der Waals surface area (Å²) in [6.07, 6.45) is 1.02. The second-order valence-corrected chi connectivity index (χ2v) is 8.42. The molecule has 5 nitrogen and oxygen atoms in total. The minimum atomic E-state index is -3.35. The molecule has 0 heterocycles. The first kappa shape index (κ1) is 24.0. The molecule has 0 amide bonds. The molecule has 0 bridgehead atoms. The molecule has 0 aliphatic carbocycles. The Labute approximate surface area is 166 Å². The minimum Gasteiger partial charge on any atom is -0.392 e. The van der Waals surface area contributed by atoms with E-state index >= 15 is 0 Å². The Kier molecular flexibility index (Phi) is 9.51. The van der Waals surface area contributed by atoms with Crippen LogP contribution < -0.4 is 9.62 Å². The summed E-state index contributed by atoms with van der Waals surface area (Å²) >= 11 is 0. The molecule has 0 saturated heterocycles. The van der Waals surface area contributed by atoms with Crippen LogP contribution in [0.1, 0.15) is 17.5 Å². The molecule has 0 saturated carbocycles. The maximum Gasteiger partial charge on any atom is 0.232 e. The van der Waals surface area contributed by atoms with Crippen LogP contribution in [-0.4, -0.2) is 46.0 Å². The maximum absolute atomic E-state index is 12.3. The van der Waals surface area contributed by atoms with Crippen molar-refractivity contribution in [1.29, 1.82) is 0 Å². The zero-order chi connectivity index (χ0) is 21.3. The summed E-state index contributed by atoms with van der Waals surface area (Å²) in [6.45, 7) is 4.18. The number of sulfonamides is 1. The van der Waals surface area contributed by atoms with E-state index in [2.05, 4.69) is 5.32 Å². The van der Waals surface area contributed by atoms with Gasteiger partial charge in [-0.25, -0.2) is 17.2 Å². The smallest absolute Gasteiger partial charge is 0.232 e. The molecule has 2 aromatic carbocycles. The number of aliphatic hydroxyl groups is 1. The van der Waals surface area contributed by atoms with Gasteiger partial charge >= 0.3 is 0 Å². The third-order valence-corrected chi connectivity index (χ3v) is 5.20. The van der Waals surface area contributed by atoms with Crippen molar-refractivity contribution in [3.63, 3.8) is 0 Å². The zero-order valence-corrected chi connectivity index (χ0v) is 17.4. The Morgan fingerprint density at radius 1 is 1.11 bits per heavy atom. The lowest BCUT2D eigenvalue weighted by molar-refractivity contribution is 0.167. The Bertz CT molecular complexity index is 860. The van der Waals surface area contributed by atoms with Crippen LogP contribution in [0.15, 0.2) is 42.5 Å². The number of aryl methyl sites for hydroxylation is 2. The Morgan fingerprint density at radius 3 is 2.25 bits per heavy atom. The Hall–Kier alpha value is -2.03. The average Bonchev–Trinajstić information content (AvgIpc) is 2.60. The summed E-state index contributed by atoms with van der Waals surface area (Å²) in [7, 11) is -1.60. The van der Waals surface area contributed by atoms with E-state index in [1.807, 2.05) is 25.1 Å². The van der Waals surface area contributed by atoms with Crippen molar-refractivity contribution >= 4 is 15.7 Å².